The van der Waals surface area contributed by atoms with Crippen LogP contribution in [-0.4, -0.2) is 12.1 Å². The van der Waals surface area contributed by atoms with Crippen molar-refractivity contribution in [3.63, 3.8) is 0 Å². The highest BCUT2D eigenvalue weighted by Gasteiger charge is 2.03. The van der Waals surface area contributed by atoms with Gasteiger partial charge in [-0.15, -0.1) is 0 Å². The molecule has 0 radical (unpaired) electrons. The van der Waals surface area contributed by atoms with Crippen LogP contribution in [0.2, 0.25) is 0 Å². The highest BCUT2D eigenvalue weighted by Crippen LogP contribution is 2.10. The summed E-state index contributed by atoms with van der Waals surface area (Å²) in [5.74, 6) is 0.464. The van der Waals surface area contributed by atoms with Crippen LogP contribution < -0.4 is 5.43 Å². The first kappa shape index (κ1) is 14.8. The lowest BCUT2D eigenvalue weighted by Gasteiger charge is -2.04. The average molecular weight is 382 g/mol. The molecule has 4 nitrogen and oxygen atoms in total. The van der Waals surface area contributed by atoms with Gasteiger partial charge in [-0.2, -0.15) is 5.10 Å². The summed E-state index contributed by atoms with van der Waals surface area (Å²) in [6.45, 7) is 4.08. The zero-order valence-corrected chi connectivity index (χ0v) is 13.5. The minimum absolute atomic E-state index is 0.147. The van der Waals surface area contributed by atoms with E-state index in [4.69, 9.17) is 4.42 Å². The number of hydrogen-bond donors (Lipinski definition) is 1. The fourth-order valence-electron chi connectivity index (χ4n) is 1.70. The first-order valence-corrected chi connectivity index (χ1v) is 7.26. The van der Waals surface area contributed by atoms with E-state index in [-0.39, 0.29) is 5.91 Å². The van der Waals surface area contributed by atoms with Gasteiger partial charge < -0.3 is 4.42 Å². The maximum atomic E-state index is 11.7. The second kappa shape index (κ2) is 6.69. The van der Waals surface area contributed by atoms with Crippen molar-refractivity contribution in [3.8, 4) is 0 Å². The summed E-state index contributed by atoms with van der Waals surface area (Å²) in [5, 5.41) is 3.87. The number of halogens is 1. The Morgan fingerprint density at radius 2 is 2.10 bits per heavy atom. The van der Waals surface area contributed by atoms with Gasteiger partial charge in [0.1, 0.15) is 5.76 Å². The third kappa shape index (κ3) is 4.19. The summed E-state index contributed by atoms with van der Waals surface area (Å²) in [6.07, 6.45) is 1.80. The van der Waals surface area contributed by atoms with Crippen LogP contribution in [0.15, 0.2) is 39.9 Å². The number of hydrogen-bond acceptors (Lipinski definition) is 3. The van der Waals surface area contributed by atoms with E-state index in [0.717, 1.165) is 9.33 Å². The Morgan fingerprint density at radius 3 is 2.75 bits per heavy atom. The summed E-state index contributed by atoms with van der Waals surface area (Å²) >= 11 is 2.07. The normalized spacial score (nSPS) is 10.9. The first-order valence-electron chi connectivity index (χ1n) is 6.18. The Balaban J connectivity index is 1.89. The molecule has 0 bridgehead atoms. The van der Waals surface area contributed by atoms with Crippen LogP contribution in [0.4, 0.5) is 0 Å². The van der Waals surface area contributed by atoms with E-state index in [1.165, 1.54) is 17.3 Å². The molecule has 0 saturated heterocycles. The number of nitrogens with zero attached hydrogens (tertiary/aromatic N) is 1. The third-order valence-electron chi connectivity index (χ3n) is 2.91. The van der Waals surface area contributed by atoms with Crippen LogP contribution in [0.1, 0.15) is 22.5 Å². The van der Waals surface area contributed by atoms with Crippen LogP contribution in [0.5, 0.6) is 0 Å². The summed E-state index contributed by atoms with van der Waals surface area (Å²) < 4.78 is 6.08. The highest BCUT2D eigenvalue weighted by molar-refractivity contribution is 14.1. The number of carbonyl (C=O) groups excluding carboxylic acids is 1. The van der Waals surface area contributed by atoms with Gasteiger partial charge in [-0.3, -0.25) is 4.79 Å². The zero-order valence-electron chi connectivity index (χ0n) is 11.3. The average Bonchev–Trinajstić information content (AvgIpc) is 2.80. The molecule has 5 heteroatoms. The zero-order chi connectivity index (χ0) is 14.5. The van der Waals surface area contributed by atoms with E-state index in [9.17, 15) is 4.79 Å². The molecular weight excluding hydrogens is 367 g/mol. The lowest BCUT2D eigenvalue weighted by Crippen LogP contribution is -2.19. The molecule has 0 atom stereocenters. The maximum Gasteiger partial charge on any atom is 0.244 e. The van der Waals surface area contributed by atoms with Crippen LogP contribution in [0.3, 0.4) is 0 Å². The Kier molecular flexibility index (Phi) is 4.94. The largest absolute Gasteiger partial charge is 0.449 e. The predicted octanol–water partition coefficient (Wildman–Crippen LogP) is 3.19. The van der Waals surface area contributed by atoms with Gasteiger partial charge in [0.05, 0.1) is 12.6 Å². The number of hydrazone groups is 1. The first-order chi connectivity index (χ1) is 9.54. The van der Waals surface area contributed by atoms with E-state index in [1.807, 2.05) is 38.1 Å². The number of furan rings is 1. The monoisotopic (exact) mass is 382 g/mol. The molecule has 20 heavy (non-hydrogen) atoms. The fraction of sp³-hybridized carbons (Fsp3) is 0.200. The second-order valence-corrected chi connectivity index (χ2v) is 5.59. The van der Waals surface area contributed by atoms with Crippen molar-refractivity contribution in [2.24, 2.45) is 5.10 Å². The molecule has 0 spiro atoms. The topological polar surface area (TPSA) is 54.6 Å². The van der Waals surface area contributed by atoms with Crippen molar-refractivity contribution in [1.29, 1.82) is 0 Å². The lowest BCUT2D eigenvalue weighted by atomic mass is 10.0. The van der Waals surface area contributed by atoms with Gasteiger partial charge in [-0.05, 0) is 65.3 Å². The second-order valence-electron chi connectivity index (χ2n) is 4.53. The summed E-state index contributed by atoms with van der Waals surface area (Å²) in [5.41, 5.74) is 5.88. The van der Waals surface area contributed by atoms with E-state index < -0.39 is 0 Å². The van der Waals surface area contributed by atoms with Crippen LogP contribution in [0, 0.1) is 17.6 Å². The molecule has 0 aliphatic rings. The molecule has 0 unspecified atom stereocenters. The summed E-state index contributed by atoms with van der Waals surface area (Å²) in [4.78, 5) is 11.7. The number of rotatable bonds is 4. The van der Waals surface area contributed by atoms with Crippen LogP contribution in [-0.2, 0) is 11.2 Å². The number of nitrogens with one attached hydrogen (secondary N) is 1. The molecule has 0 aliphatic heterocycles. The summed E-state index contributed by atoms with van der Waals surface area (Å²) in [7, 11) is 0. The Labute approximate surface area is 131 Å². The van der Waals surface area contributed by atoms with Gasteiger partial charge in [0, 0.05) is 0 Å². The Morgan fingerprint density at radius 1 is 1.30 bits per heavy atom. The standard InChI is InChI=1S/C15H15IN2O2/c1-10-3-4-12(7-11(10)2)8-15(19)18-17-9-13-5-6-14(16)20-13/h3-7,9H,8H2,1-2H3,(H,18,19)/b17-9-. The molecule has 1 N–H and O–H groups in total. The smallest absolute Gasteiger partial charge is 0.244 e. The Hall–Kier alpha value is -1.63. The highest BCUT2D eigenvalue weighted by atomic mass is 127. The molecular formula is C15H15IN2O2. The van der Waals surface area contributed by atoms with Gasteiger partial charge in [0.2, 0.25) is 5.91 Å². The van der Waals surface area contributed by atoms with Crippen molar-refractivity contribution in [2.45, 2.75) is 20.3 Å². The molecule has 2 aromatic rings. The molecule has 1 heterocycles. The van der Waals surface area contributed by atoms with E-state index >= 15 is 0 Å². The minimum Gasteiger partial charge on any atom is -0.449 e. The SMILES string of the molecule is Cc1ccc(CC(=O)N/N=C\c2ccc(I)o2)cc1C. The van der Waals surface area contributed by atoms with E-state index in [1.54, 1.807) is 6.07 Å². The van der Waals surface area contributed by atoms with E-state index in [0.29, 0.717) is 12.2 Å². The molecule has 0 aliphatic carbocycles. The number of carbonyl (C=O) groups is 1. The van der Waals surface area contributed by atoms with Crippen molar-refractivity contribution in [1.82, 2.24) is 5.43 Å². The molecule has 0 fully saturated rings. The fourth-order valence-corrected chi connectivity index (χ4v) is 2.14. The number of aryl methyl sites for hydroxylation is 2. The summed E-state index contributed by atoms with van der Waals surface area (Å²) in [6, 6.07) is 9.62. The Bertz CT molecular complexity index is 647. The predicted molar refractivity (Wildman–Crippen MR) is 86.8 cm³/mol. The van der Waals surface area contributed by atoms with Gasteiger partial charge in [0.25, 0.3) is 0 Å². The van der Waals surface area contributed by atoms with Gasteiger partial charge in [-0.25, -0.2) is 5.43 Å². The van der Waals surface area contributed by atoms with Gasteiger partial charge in [-0.1, -0.05) is 18.2 Å². The van der Waals surface area contributed by atoms with Gasteiger partial charge >= 0.3 is 0 Å². The van der Waals surface area contributed by atoms with Gasteiger partial charge in [0.15, 0.2) is 3.77 Å². The van der Waals surface area contributed by atoms with Crippen molar-refractivity contribution >= 4 is 34.7 Å². The molecule has 1 amide bonds. The molecule has 0 saturated carbocycles. The lowest BCUT2D eigenvalue weighted by molar-refractivity contribution is -0.120. The van der Waals surface area contributed by atoms with Crippen molar-refractivity contribution in [3.05, 3.63) is 56.5 Å². The van der Waals surface area contributed by atoms with Crippen molar-refractivity contribution in [2.75, 3.05) is 0 Å². The minimum atomic E-state index is -0.147. The quantitative estimate of drug-likeness (QED) is 0.502. The third-order valence-corrected chi connectivity index (χ3v) is 3.49. The van der Waals surface area contributed by atoms with Crippen LogP contribution in [0.25, 0.3) is 0 Å². The van der Waals surface area contributed by atoms with Crippen molar-refractivity contribution < 1.29 is 9.21 Å². The van der Waals surface area contributed by atoms with E-state index in [2.05, 4.69) is 33.1 Å². The maximum absolute atomic E-state index is 11.7. The van der Waals surface area contributed by atoms with Crippen LogP contribution >= 0.6 is 22.6 Å². The number of benzene rings is 1. The molecule has 2 rings (SSSR count). The molecule has 104 valence electrons. The number of amides is 1. The molecule has 1 aromatic heterocycles. The molecule has 1 aromatic carbocycles.